The summed E-state index contributed by atoms with van der Waals surface area (Å²) >= 11 is 2.09. The SMILES string of the molecule is CCC1CN2CCCCC2CN1C1CCC(SC)CC1. The number of piperazine rings is 1. The second-order valence-electron chi connectivity index (χ2n) is 7.07. The Morgan fingerprint density at radius 3 is 2.45 bits per heavy atom. The molecule has 0 amide bonds. The molecule has 20 heavy (non-hydrogen) atoms. The summed E-state index contributed by atoms with van der Waals surface area (Å²) in [5.41, 5.74) is 0. The van der Waals surface area contributed by atoms with Crippen LogP contribution < -0.4 is 0 Å². The number of nitrogens with zero attached hydrogens (tertiary/aromatic N) is 2. The fourth-order valence-electron chi connectivity index (χ4n) is 4.70. The van der Waals surface area contributed by atoms with Crippen molar-refractivity contribution in [1.82, 2.24) is 9.80 Å². The van der Waals surface area contributed by atoms with Crippen molar-refractivity contribution >= 4 is 11.8 Å². The van der Waals surface area contributed by atoms with Gasteiger partial charge in [-0.05, 0) is 57.7 Å². The summed E-state index contributed by atoms with van der Waals surface area (Å²) in [5.74, 6) is 0. The molecule has 2 nitrogen and oxygen atoms in total. The molecule has 2 atom stereocenters. The molecule has 0 bridgehead atoms. The minimum Gasteiger partial charge on any atom is -0.298 e. The lowest BCUT2D eigenvalue weighted by Gasteiger charge is -2.52. The van der Waals surface area contributed by atoms with Crippen LogP contribution in [0.15, 0.2) is 0 Å². The van der Waals surface area contributed by atoms with Crippen LogP contribution in [0, 0.1) is 0 Å². The van der Waals surface area contributed by atoms with E-state index in [1.807, 2.05) is 0 Å². The second kappa shape index (κ2) is 7.02. The lowest BCUT2D eigenvalue weighted by atomic mass is 9.89. The van der Waals surface area contributed by atoms with Gasteiger partial charge in [0.15, 0.2) is 0 Å². The van der Waals surface area contributed by atoms with Gasteiger partial charge in [-0.1, -0.05) is 13.3 Å². The number of hydrogen-bond donors (Lipinski definition) is 0. The van der Waals surface area contributed by atoms with Crippen molar-refractivity contribution in [3.05, 3.63) is 0 Å². The van der Waals surface area contributed by atoms with E-state index in [1.165, 1.54) is 71.0 Å². The Bertz CT molecular complexity index is 301. The molecule has 0 aromatic rings. The summed E-state index contributed by atoms with van der Waals surface area (Å²) in [6, 6.07) is 2.61. The largest absolute Gasteiger partial charge is 0.298 e. The minimum absolute atomic E-state index is 0.833. The topological polar surface area (TPSA) is 6.48 Å². The van der Waals surface area contributed by atoms with E-state index in [1.54, 1.807) is 0 Å². The summed E-state index contributed by atoms with van der Waals surface area (Å²) in [5, 5.41) is 0.947. The van der Waals surface area contributed by atoms with Crippen LogP contribution in [0.3, 0.4) is 0 Å². The fraction of sp³-hybridized carbons (Fsp3) is 1.00. The summed E-state index contributed by atoms with van der Waals surface area (Å²) in [4.78, 5) is 5.74. The van der Waals surface area contributed by atoms with E-state index in [-0.39, 0.29) is 0 Å². The zero-order valence-corrected chi connectivity index (χ0v) is 14.2. The van der Waals surface area contributed by atoms with Crippen LogP contribution in [0.4, 0.5) is 0 Å². The predicted octanol–water partition coefficient (Wildman–Crippen LogP) is 3.61. The molecule has 0 aromatic heterocycles. The van der Waals surface area contributed by atoms with Gasteiger partial charge in [0.2, 0.25) is 0 Å². The Hall–Kier alpha value is 0.270. The summed E-state index contributed by atoms with van der Waals surface area (Å²) in [6.07, 6.45) is 13.8. The van der Waals surface area contributed by atoms with E-state index in [0.29, 0.717) is 0 Å². The van der Waals surface area contributed by atoms with Gasteiger partial charge in [-0.2, -0.15) is 11.8 Å². The van der Waals surface area contributed by atoms with Gasteiger partial charge in [-0.15, -0.1) is 0 Å². The standard InChI is InChI=1S/C17H32N2S/c1-3-14-12-18-11-5-4-6-16(18)13-19(14)15-7-9-17(20-2)10-8-15/h14-17H,3-13H2,1-2H3. The van der Waals surface area contributed by atoms with E-state index in [9.17, 15) is 0 Å². The first-order valence-electron chi connectivity index (χ1n) is 8.84. The number of thioether (sulfide) groups is 1. The third-order valence-electron chi connectivity index (χ3n) is 6.00. The third kappa shape index (κ3) is 3.20. The molecule has 1 saturated carbocycles. The first kappa shape index (κ1) is 15.2. The number of piperidine rings is 1. The molecule has 0 spiro atoms. The highest BCUT2D eigenvalue weighted by Crippen LogP contribution is 2.34. The first-order chi connectivity index (χ1) is 9.81. The monoisotopic (exact) mass is 296 g/mol. The lowest BCUT2D eigenvalue weighted by Crippen LogP contribution is -2.62. The van der Waals surface area contributed by atoms with Crippen molar-refractivity contribution in [2.75, 3.05) is 25.9 Å². The average Bonchev–Trinajstić information content (AvgIpc) is 2.53. The van der Waals surface area contributed by atoms with Crippen LogP contribution in [-0.4, -0.2) is 59.1 Å². The van der Waals surface area contributed by atoms with Crippen molar-refractivity contribution in [1.29, 1.82) is 0 Å². The Balaban J connectivity index is 1.62. The Kier molecular flexibility index (Phi) is 5.33. The van der Waals surface area contributed by atoms with E-state index in [4.69, 9.17) is 0 Å². The van der Waals surface area contributed by atoms with Crippen molar-refractivity contribution < 1.29 is 0 Å². The number of hydrogen-bond acceptors (Lipinski definition) is 3. The highest BCUT2D eigenvalue weighted by atomic mass is 32.2. The van der Waals surface area contributed by atoms with Gasteiger partial charge >= 0.3 is 0 Å². The molecule has 3 rings (SSSR count). The molecule has 3 heteroatoms. The average molecular weight is 297 g/mol. The molecule has 1 aliphatic carbocycles. The highest BCUT2D eigenvalue weighted by Gasteiger charge is 2.38. The molecule has 2 unspecified atom stereocenters. The van der Waals surface area contributed by atoms with Gasteiger partial charge in [0.05, 0.1) is 0 Å². The summed E-state index contributed by atoms with van der Waals surface area (Å²) in [6.45, 7) is 6.49. The molecule has 116 valence electrons. The van der Waals surface area contributed by atoms with E-state index in [2.05, 4.69) is 34.7 Å². The van der Waals surface area contributed by atoms with E-state index < -0.39 is 0 Å². The smallest absolute Gasteiger partial charge is 0.0224 e. The predicted molar refractivity (Wildman–Crippen MR) is 89.6 cm³/mol. The third-order valence-corrected chi connectivity index (χ3v) is 7.14. The molecule has 2 aliphatic heterocycles. The van der Waals surface area contributed by atoms with E-state index >= 15 is 0 Å². The van der Waals surface area contributed by atoms with E-state index in [0.717, 1.165) is 23.4 Å². The maximum Gasteiger partial charge on any atom is 0.0224 e. The van der Waals surface area contributed by atoms with Crippen molar-refractivity contribution in [3.8, 4) is 0 Å². The van der Waals surface area contributed by atoms with Crippen LogP contribution in [0.1, 0.15) is 58.3 Å². The maximum atomic E-state index is 2.93. The van der Waals surface area contributed by atoms with Gasteiger partial charge < -0.3 is 0 Å². The quantitative estimate of drug-likeness (QED) is 0.785. The van der Waals surface area contributed by atoms with Gasteiger partial charge in [-0.25, -0.2) is 0 Å². The zero-order chi connectivity index (χ0) is 13.9. The molecule has 2 heterocycles. The number of fused-ring (bicyclic) bond motifs is 1. The number of rotatable bonds is 3. The minimum atomic E-state index is 0.833. The second-order valence-corrected chi connectivity index (χ2v) is 8.21. The molecule has 0 N–H and O–H groups in total. The molecule has 0 radical (unpaired) electrons. The molecule has 2 saturated heterocycles. The molecular formula is C17H32N2S. The van der Waals surface area contributed by atoms with Crippen LogP contribution in [0.25, 0.3) is 0 Å². The normalized spacial score (nSPS) is 40.5. The highest BCUT2D eigenvalue weighted by molar-refractivity contribution is 7.99. The molecular weight excluding hydrogens is 264 g/mol. The van der Waals surface area contributed by atoms with Crippen molar-refractivity contribution in [3.63, 3.8) is 0 Å². The van der Waals surface area contributed by atoms with Gasteiger partial charge in [-0.3, -0.25) is 9.80 Å². The summed E-state index contributed by atoms with van der Waals surface area (Å²) in [7, 11) is 0. The van der Waals surface area contributed by atoms with Crippen LogP contribution in [0.5, 0.6) is 0 Å². The Morgan fingerprint density at radius 1 is 0.950 bits per heavy atom. The van der Waals surface area contributed by atoms with Crippen molar-refractivity contribution in [2.45, 2.75) is 81.7 Å². The molecule has 3 aliphatic rings. The Morgan fingerprint density at radius 2 is 1.75 bits per heavy atom. The fourth-order valence-corrected chi connectivity index (χ4v) is 5.44. The van der Waals surface area contributed by atoms with Crippen LogP contribution >= 0.6 is 11.8 Å². The van der Waals surface area contributed by atoms with Crippen LogP contribution in [-0.2, 0) is 0 Å². The lowest BCUT2D eigenvalue weighted by molar-refractivity contribution is -0.0229. The molecule has 3 fully saturated rings. The Labute approximate surface area is 129 Å². The van der Waals surface area contributed by atoms with Crippen molar-refractivity contribution in [2.24, 2.45) is 0 Å². The van der Waals surface area contributed by atoms with Crippen LogP contribution in [0.2, 0.25) is 0 Å². The zero-order valence-electron chi connectivity index (χ0n) is 13.4. The van der Waals surface area contributed by atoms with Gasteiger partial charge in [0, 0.05) is 36.5 Å². The van der Waals surface area contributed by atoms with Gasteiger partial charge in [0.25, 0.3) is 0 Å². The first-order valence-corrected chi connectivity index (χ1v) is 10.1. The maximum absolute atomic E-state index is 2.93. The summed E-state index contributed by atoms with van der Waals surface area (Å²) < 4.78 is 0. The van der Waals surface area contributed by atoms with Gasteiger partial charge in [0.1, 0.15) is 0 Å². The molecule has 0 aromatic carbocycles.